The van der Waals surface area contributed by atoms with Crippen LogP contribution in [0.15, 0.2) is 36.5 Å². The van der Waals surface area contributed by atoms with Gasteiger partial charge in [-0.3, -0.25) is 0 Å². The van der Waals surface area contributed by atoms with E-state index >= 15 is 0 Å². The van der Waals surface area contributed by atoms with E-state index in [0.717, 1.165) is 11.7 Å². The second kappa shape index (κ2) is 4.97. The third kappa shape index (κ3) is 2.20. The lowest BCUT2D eigenvalue weighted by atomic mass is 9.86. The Morgan fingerprint density at radius 2 is 1.94 bits per heavy atom. The quantitative estimate of drug-likeness (QED) is 0.850. The zero-order chi connectivity index (χ0) is 12.4. The molecule has 0 aliphatic heterocycles. The Bertz CT molecular complexity index is 530. The summed E-state index contributed by atoms with van der Waals surface area (Å²) in [5, 5.41) is 6.16. The molecular weight excluding hydrogens is 220 g/mol. The molecule has 1 aromatic heterocycles. The van der Waals surface area contributed by atoms with Crippen molar-refractivity contribution in [2.45, 2.75) is 38.6 Å². The molecule has 2 heteroatoms. The Hall–Kier alpha value is -1.57. The van der Waals surface area contributed by atoms with Gasteiger partial charge in [-0.2, -0.15) is 0 Å². The fourth-order valence-corrected chi connectivity index (χ4v) is 2.94. The largest absolute Gasteiger partial charge is 0.367 e. The Morgan fingerprint density at radius 3 is 2.83 bits per heavy atom. The predicted molar refractivity (Wildman–Crippen MR) is 76.8 cm³/mol. The molecule has 1 heterocycles. The zero-order valence-corrected chi connectivity index (χ0v) is 10.9. The lowest BCUT2D eigenvalue weighted by Gasteiger charge is -2.30. The van der Waals surface area contributed by atoms with Crippen molar-refractivity contribution in [1.29, 1.82) is 0 Å². The molecule has 0 spiro atoms. The molecule has 1 aromatic carbocycles. The van der Waals surface area contributed by atoms with Gasteiger partial charge < -0.3 is 5.32 Å². The number of pyridine rings is 1. The van der Waals surface area contributed by atoms with E-state index in [0.29, 0.717) is 6.04 Å². The highest BCUT2D eigenvalue weighted by atomic mass is 15.0. The highest BCUT2D eigenvalue weighted by Crippen LogP contribution is 2.28. The third-order valence-electron chi connectivity index (χ3n) is 4.11. The van der Waals surface area contributed by atoms with Gasteiger partial charge in [0.15, 0.2) is 0 Å². The first-order valence-corrected chi connectivity index (χ1v) is 6.95. The number of nitrogens with one attached hydrogen (secondary N) is 1. The Morgan fingerprint density at radius 1 is 1.11 bits per heavy atom. The van der Waals surface area contributed by atoms with Crippen LogP contribution >= 0.6 is 0 Å². The van der Waals surface area contributed by atoms with Gasteiger partial charge >= 0.3 is 0 Å². The topological polar surface area (TPSA) is 24.9 Å². The fraction of sp³-hybridized carbons (Fsp3) is 0.438. The minimum Gasteiger partial charge on any atom is -0.367 e. The summed E-state index contributed by atoms with van der Waals surface area (Å²) in [7, 11) is 0. The second-order valence-corrected chi connectivity index (χ2v) is 5.39. The highest BCUT2D eigenvalue weighted by Gasteiger charge is 2.21. The number of rotatable bonds is 2. The van der Waals surface area contributed by atoms with Gasteiger partial charge in [0.05, 0.1) is 0 Å². The van der Waals surface area contributed by atoms with Crippen molar-refractivity contribution >= 4 is 16.6 Å². The van der Waals surface area contributed by atoms with Crippen LogP contribution in [0.1, 0.15) is 32.6 Å². The minimum atomic E-state index is 0.581. The van der Waals surface area contributed by atoms with Gasteiger partial charge in [0.25, 0.3) is 0 Å². The molecule has 0 saturated heterocycles. The standard InChI is InChI=1S/C16H20N2/c1-12-6-2-5-9-15(12)18-16-14-8-4-3-7-13(14)10-11-17-16/h3-4,7-8,10-12,15H,2,5-6,9H2,1H3,(H,17,18). The summed E-state index contributed by atoms with van der Waals surface area (Å²) in [5.74, 6) is 1.80. The molecule has 0 bridgehead atoms. The number of hydrogen-bond acceptors (Lipinski definition) is 2. The minimum absolute atomic E-state index is 0.581. The van der Waals surface area contributed by atoms with Gasteiger partial charge in [0, 0.05) is 17.6 Å². The summed E-state index contributed by atoms with van der Waals surface area (Å²) in [5.41, 5.74) is 0. The molecule has 94 valence electrons. The van der Waals surface area contributed by atoms with E-state index in [1.165, 1.54) is 36.5 Å². The van der Waals surface area contributed by atoms with Crippen LogP contribution in [0.25, 0.3) is 10.8 Å². The Kier molecular flexibility index (Phi) is 3.18. The van der Waals surface area contributed by atoms with Gasteiger partial charge in [-0.15, -0.1) is 0 Å². The van der Waals surface area contributed by atoms with Crippen LogP contribution in [0, 0.1) is 5.92 Å². The summed E-state index contributed by atoms with van der Waals surface area (Å²) < 4.78 is 0. The SMILES string of the molecule is CC1CCCCC1Nc1nccc2ccccc12. The molecule has 2 nitrogen and oxygen atoms in total. The molecule has 1 fully saturated rings. The van der Waals surface area contributed by atoms with E-state index in [-0.39, 0.29) is 0 Å². The molecule has 0 amide bonds. The lowest BCUT2D eigenvalue weighted by molar-refractivity contribution is 0.349. The zero-order valence-electron chi connectivity index (χ0n) is 10.9. The summed E-state index contributed by atoms with van der Waals surface area (Å²) in [4.78, 5) is 4.52. The predicted octanol–water partition coefficient (Wildman–Crippen LogP) is 4.23. The first-order valence-electron chi connectivity index (χ1n) is 6.95. The number of hydrogen-bond donors (Lipinski definition) is 1. The number of fused-ring (bicyclic) bond motifs is 1. The van der Waals surface area contributed by atoms with Crippen LogP contribution < -0.4 is 5.32 Å². The maximum Gasteiger partial charge on any atom is 0.134 e. The van der Waals surface area contributed by atoms with Crippen molar-refractivity contribution < 1.29 is 0 Å². The van der Waals surface area contributed by atoms with E-state index in [1.54, 1.807) is 0 Å². The van der Waals surface area contributed by atoms with Crippen molar-refractivity contribution in [3.05, 3.63) is 36.5 Å². The Balaban J connectivity index is 1.90. The van der Waals surface area contributed by atoms with E-state index in [9.17, 15) is 0 Å². The lowest BCUT2D eigenvalue weighted by Crippen LogP contribution is -2.30. The van der Waals surface area contributed by atoms with Crippen molar-refractivity contribution in [1.82, 2.24) is 4.98 Å². The van der Waals surface area contributed by atoms with E-state index in [4.69, 9.17) is 0 Å². The number of anilines is 1. The summed E-state index contributed by atoms with van der Waals surface area (Å²) in [6.45, 7) is 2.35. The molecule has 0 radical (unpaired) electrons. The van der Waals surface area contributed by atoms with Gasteiger partial charge in [-0.05, 0) is 30.2 Å². The number of nitrogens with zero attached hydrogens (tertiary/aromatic N) is 1. The van der Waals surface area contributed by atoms with Crippen LogP contribution in [0.4, 0.5) is 5.82 Å². The van der Waals surface area contributed by atoms with E-state index < -0.39 is 0 Å². The number of benzene rings is 1. The first kappa shape index (κ1) is 11.5. The molecular formula is C16H20N2. The summed E-state index contributed by atoms with van der Waals surface area (Å²) >= 11 is 0. The van der Waals surface area contributed by atoms with Crippen molar-refractivity contribution in [3.63, 3.8) is 0 Å². The molecule has 1 saturated carbocycles. The smallest absolute Gasteiger partial charge is 0.134 e. The average molecular weight is 240 g/mol. The third-order valence-corrected chi connectivity index (χ3v) is 4.11. The van der Waals surface area contributed by atoms with Gasteiger partial charge in [0.2, 0.25) is 0 Å². The van der Waals surface area contributed by atoms with Crippen LogP contribution in [0.3, 0.4) is 0 Å². The van der Waals surface area contributed by atoms with E-state index in [1.807, 2.05) is 6.20 Å². The van der Waals surface area contributed by atoms with Crippen LogP contribution in [0.2, 0.25) is 0 Å². The maximum atomic E-state index is 4.52. The molecule has 3 rings (SSSR count). The van der Waals surface area contributed by atoms with E-state index in [2.05, 4.69) is 47.6 Å². The molecule has 18 heavy (non-hydrogen) atoms. The highest BCUT2D eigenvalue weighted by molar-refractivity contribution is 5.91. The number of aromatic nitrogens is 1. The maximum absolute atomic E-state index is 4.52. The molecule has 1 aliphatic carbocycles. The molecule has 2 atom stereocenters. The molecule has 2 aromatic rings. The molecule has 1 N–H and O–H groups in total. The van der Waals surface area contributed by atoms with Crippen LogP contribution in [-0.4, -0.2) is 11.0 Å². The fourth-order valence-electron chi connectivity index (χ4n) is 2.94. The summed E-state index contributed by atoms with van der Waals surface area (Å²) in [6.07, 6.45) is 7.22. The van der Waals surface area contributed by atoms with Gasteiger partial charge in [-0.1, -0.05) is 44.0 Å². The molecule has 2 unspecified atom stereocenters. The average Bonchev–Trinajstić information content (AvgIpc) is 2.42. The van der Waals surface area contributed by atoms with Crippen molar-refractivity contribution in [3.8, 4) is 0 Å². The normalized spacial score (nSPS) is 24.1. The summed E-state index contributed by atoms with van der Waals surface area (Å²) in [6, 6.07) is 11.1. The van der Waals surface area contributed by atoms with Crippen LogP contribution in [0.5, 0.6) is 0 Å². The van der Waals surface area contributed by atoms with Crippen molar-refractivity contribution in [2.24, 2.45) is 5.92 Å². The first-order chi connectivity index (χ1) is 8.84. The van der Waals surface area contributed by atoms with Gasteiger partial charge in [0.1, 0.15) is 5.82 Å². The second-order valence-electron chi connectivity index (χ2n) is 5.39. The molecule has 1 aliphatic rings. The monoisotopic (exact) mass is 240 g/mol. The Labute approximate surface area is 108 Å². The van der Waals surface area contributed by atoms with Crippen molar-refractivity contribution in [2.75, 3.05) is 5.32 Å². The van der Waals surface area contributed by atoms with Gasteiger partial charge in [-0.25, -0.2) is 4.98 Å². The van der Waals surface area contributed by atoms with Crippen LogP contribution in [-0.2, 0) is 0 Å².